The highest BCUT2D eigenvalue weighted by Crippen LogP contribution is 2.47. The van der Waals surface area contributed by atoms with Gasteiger partial charge >= 0.3 is 0 Å². The maximum atomic E-state index is 2.45. The van der Waals surface area contributed by atoms with Crippen LogP contribution in [0.2, 0.25) is 0 Å². The van der Waals surface area contributed by atoms with E-state index in [4.69, 9.17) is 0 Å². The van der Waals surface area contributed by atoms with Crippen LogP contribution < -0.4 is 4.90 Å². The molecule has 2 nitrogen and oxygen atoms in total. The number of fused-ring (bicyclic) bond motifs is 5. The van der Waals surface area contributed by atoms with Gasteiger partial charge in [0.05, 0.1) is 11.0 Å². The molecule has 12 rings (SSSR count). The van der Waals surface area contributed by atoms with Crippen molar-refractivity contribution in [2.75, 3.05) is 4.90 Å². The summed E-state index contributed by atoms with van der Waals surface area (Å²) in [5.41, 5.74) is 6.93. The molecule has 0 atom stereocenters. The molecule has 0 N–H and O–H groups in total. The van der Waals surface area contributed by atoms with Crippen LogP contribution in [0.5, 0.6) is 0 Å². The van der Waals surface area contributed by atoms with Crippen molar-refractivity contribution in [1.82, 2.24) is 4.57 Å². The number of anilines is 3. The average Bonchev–Trinajstić information content (AvgIpc) is 3.56. The lowest BCUT2D eigenvalue weighted by Gasteiger charge is -2.27. The summed E-state index contributed by atoms with van der Waals surface area (Å²) in [6.07, 6.45) is 0. The Labute approximate surface area is 311 Å². The van der Waals surface area contributed by atoms with Gasteiger partial charge in [-0.3, -0.25) is 0 Å². The van der Waals surface area contributed by atoms with E-state index < -0.39 is 0 Å². The molecule has 1 aromatic heterocycles. The first-order valence-electron chi connectivity index (χ1n) is 18.7. The van der Waals surface area contributed by atoms with Crippen molar-refractivity contribution >= 4 is 104 Å². The van der Waals surface area contributed by atoms with E-state index >= 15 is 0 Å². The van der Waals surface area contributed by atoms with Crippen LogP contribution >= 0.6 is 0 Å². The van der Waals surface area contributed by atoms with Crippen molar-refractivity contribution in [3.8, 4) is 5.69 Å². The zero-order chi connectivity index (χ0) is 35.3. The zero-order valence-electron chi connectivity index (χ0n) is 29.4. The Morgan fingerprint density at radius 3 is 1.44 bits per heavy atom. The smallest absolute Gasteiger partial charge is 0.0542 e. The number of rotatable bonds is 4. The molecule has 2 heteroatoms. The lowest BCUT2D eigenvalue weighted by atomic mass is 9.87. The van der Waals surface area contributed by atoms with Gasteiger partial charge in [0.25, 0.3) is 0 Å². The molecule has 0 spiro atoms. The number of nitrogens with zero attached hydrogens (tertiary/aromatic N) is 2. The van der Waals surface area contributed by atoms with E-state index in [2.05, 4.69) is 204 Å². The molecule has 0 fully saturated rings. The van der Waals surface area contributed by atoms with Gasteiger partial charge in [-0.05, 0) is 125 Å². The highest BCUT2D eigenvalue weighted by atomic mass is 15.1. The van der Waals surface area contributed by atoms with Crippen molar-refractivity contribution in [1.29, 1.82) is 0 Å². The van der Waals surface area contributed by atoms with Crippen LogP contribution in [-0.4, -0.2) is 4.57 Å². The molecule has 12 aromatic rings. The quantitative estimate of drug-likeness (QED) is 0.168. The number of hydrogen-bond acceptors (Lipinski definition) is 1. The number of para-hydroxylation sites is 3. The van der Waals surface area contributed by atoms with Gasteiger partial charge in [-0.25, -0.2) is 0 Å². The molecule has 250 valence electrons. The van der Waals surface area contributed by atoms with Crippen molar-refractivity contribution in [2.45, 2.75) is 0 Å². The predicted octanol–water partition coefficient (Wildman–Crippen LogP) is 14.6. The largest absolute Gasteiger partial charge is 0.310 e. The Hall–Kier alpha value is -7.16. The maximum absolute atomic E-state index is 2.45. The Morgan fingerprint density at radius 2 is 0.778 bits per heavy atom. The highest BCUT2D eigenvalue weighted by Gasteiger charge is 2.21. The molecule has 0 saturated carbocycles. The van der Waals surface area contributed by atoms with Crippen molar-refractivity contribution in [3.05, 3.63) is 194 Å². The Bertz CT molecular complexity index is 3430. The monoisotopic (exact) mass is 684 g/mol. The van der Waals surface area contributed by atoms with Gasteiger partial charge in [0.1, 0.15) is 0 Å². The summed E-state index contributed by atoms with van der Waals surface area (Å²) in [7, 11) is 0. The van der Waals surface area contributed by atoms with Crippen molar-refractivity contribution in [3.63, 3.8) is 0 Å². The standard InChI is InChI=1S/C52H32N2/c1-3-15-37(16-4-1)53(39-28-29-48-45(31-39)41-19-7-8-23-47(41)54(48)38-17-5-2-6-18-38)40-30-36-27-26-35-13-10-21-43-42-20-9-12-33-24-25-34-14-11-22-44(51(34)49(33)42)46(32-40)52(36)50(35)43/h1-32H. The lowest BCUT2D eigenvalue weighted by Crippen LogP contribution is -2.10. The van der Waals surface area contributed by atoms with Crippen LogP contribution in [0.4, 0.5) is 17.1 Å². The van der Waals surface area contributed by atoms with Gasteiger partial charge in [0, 0.05) is 33.5 Å². The van der Waals surface area contributed by atoms with Crippen molar-refractivity contribution < 1.29 is 0 Å². The van der Waals surface area contributed by atoms with Gasteiger partial charge in [0.15, 0.2) is 0 Å². The molecule has 0 aliphatic carbocycles. The molecule has 1 heterocycles. The highest BCUT2D eigenvalue weighted by molar-refractivity contribution is 6.37. The van der Waals surface area contributed by atoms with Gasteiger partial charge < -0.3 is 9.47 Å². The molecule has 0 aliphatic rings. The van der Waals surface area contributed by atoms with E-state index in [9.17, 15) is 0 Å². The van der Waals surface area contributed by atoms with Crippen LogP contribution in [0, 0.1) is 0 Å². The molecule has 54 heavy (non-hydrogen) atoms. The molecule has 0 radical (unpaired) electrons. The normalized spacial score (nSPS) is 12.1. The van der Waals surface area contributed by atoms with Gasteiger partial charge in [-0.1, -0.05) is 133 Å². The summed E-state index contributed by atoms with van der Waals surface area (Å²) in [5.74, 6) is 0. The number of aromatic nitrogens is 1. The molecular weight excluding hydrogens is 653 g/mol. The first-order chi connectivity index (χ1) is 26.8. The summed E-state index contributed by atoms with van der Waals surface area (Å²) in [6, 6.07) is 71.7. The third kappa shape index (κ3) is 4.11. The molecule has 11 aromatic carbocycles. The van der Waals surface area contributed by atoms with E-state index in [1.54, 1.807) is 0 Å². The average molecular weight is 685 g/mol. The van der Waals surface area contributed by atoms with Gasteiger partial charge in [-0.2, -0.15) is 0 Å². The topological polar surface area (TPSA) is 8.17 Å². The summed E-state index contributed by atoms with van der Waals surface area (Å²) >= 11 is 0. The second-order valence-electron chi connectivity index (χ2n) is 14.5. The van der Waals surface area contributed by atoms with E-state index in [0.29, 0.717) is 0 Å². The zero-order valence-corrected chi connectivity index (χ0v) is 29.4. The van der Waals surface area contributed by atoms with Gasteiger partial charge in [0.2, 0.25) is 0 Å². The van der Waals surface area contributed by atoms with E-state index in [1.807, 2.05) is 0 Å². The Morgan fingerprint density at radius 1 is 0.278 bits per heavy atom. The van der Waals surface area contributed by atoms with Crippen LogP contribution in [0.15, 0.2) is 194 Å². The minimum atomic E-state index is 1.12. The van der Waals surface area contributed by atoms with E-state index in [1.165, 1.54) is 86.4 Å². The van der Waals surface area contributed by atoms with E-state index in [0.717, 1.165) is 22.7 Å². The minimum Gasteiger partial charge on any atom is -0.310 e. The van der Waals surface area contributed by atoms with Crippen LogP contribution in [0.25, 0.3) is 92.1 Å². The molecule has 0 aliphatic heterocycles. The summed E-state index contributed by atoms with van der Waals surface area (Å²) in [5, 5.41) is 17.9. The first kappa shape index (κ1) is 29.4. The first-order valence-corrected chi connectivity index (χ1v) is 18.7. The minimum absolute atomic E-state index is 1.12. The fourth-order valence-electron chi connectivity index (χ4n) is 9.38. The second-order valence-corrected chi connectivity index (χ2v) is 14.5. The van der Waals surface area contributed by atoms with Crippen molar-refractivity contribution in [2.24, 2.45) is 0 Å². The third-order valence-electron chi connectivity index (χ3n) is 11.6. The second kappa shape index (κ2) is 11.2. The van der Waals surface area contributed by atoms with Crippen LogP contribution in [0.3, 0.4) is 0 Å². The maximum Gasteiger partial charge on any atom is 0.0542 e. The predicted molar refractivity (Wildman–Crippen MR) is 232 cm³/mol. The fourth-order valence-corrected chi connectivity index (χ4v) is 9.38. The molecular formula is C52H32N2. The Balaban J connectivity index is 1.22. The molecule has 0 saturated heterocycles. The molecule has 0 unspecified atom stereocenters. The van der Waals surface area contributed by atoms with Crippen LogP contribution in [0.1, 0.15) is 0 Å². The lowest BCUT2D eigenvalue weighted by molar-refractivity contribution is 1.18. The molecule has 0 amide bonds. The molecule has 0 bridgehead atoms. The van der Waals surface area contributed by atoms with Crippen LogP contribution in [-0.2, 0) is 0 Å². The summed E-state index contributed by atoms with van der Waals surface area (Å²) < 4.78 is 2.38. The SMILES string of the molecule is c1ccc(N(c2cc3ccc4cccc5c6cccc7ccc8cccc(c(c2)c3c45)c8c76)c2ccc3c(c2)c2ccccc2n3-c2ccccc2)cc1. The van der Waals surface area contributed by atoms with Gasteiger partial charge in [-0.15, -0.1) is 0 Å². The Kier molecular flexibility index (Phi) is 6.09. The number of benzene rings is 10. The number of hydrogen-bond donors (Lipinski definition) is 0. The summed E-state index contributed by atoms with van der Waals surface area (Å²) in [6.45, 7) is 0. The summed E-state index contributed by atoms with van der Waals surface area (Å²) in [4.78, 5) is 2.44. The third-order valence-corrected chi connectivity index (χ3v) is 11.6. The fraction of sp³-hybridized carbons (Fsp3) is 0. The van der Waals surface area contributed by atoms with E-state index in [-0.39, 0.29) is 0 Å².